The maximum absolute atomic E-state index is 11.7. The van der Waals surface area contributed by atoms with Gasteiger partial charge < -0.3 is 14.0 Å². The topological polar surface area (TPSA) is 48.0 Å². The van der Waals surface area contributed by atoms with Crippen molar-refractivity contribution in [3.63, 3.8) is 0 Å². The summed E-state index contributed by atoms with van der Waals surface area (Å²) in [5, 5.41) is 1.94. The first-order valence-corrected chi connectivity index (χ1v) is 13.3. The van der Waals surface area contributed by atoms with Crippen LogP contribution in [0.5, 0.6) is 0 Å². The standard InChI is InChI=1S/C23H29NO4Si/c1-29(2,3)28-24(16-19-10-6-4-7-11-19)21(22-14-15-23(25)27-22)18-26-17-20-12-8-5-9-13-20/h4-15,21-22H,16-18H2,1-3H3. The zero-order chi connectivity index (χ0) is 20.7. The lowest BCUT2D eigenvalue weighted by molar-refractivity contribution is -0.169. The molecule has 5 nitrogen and oxygen atoms in total. The number of hydrogen-bond acceptors (Lipinski definition) is 5. The van der Waals surface area contributed by atoms with Crippen molar-refractivity contribution in [3.05, 3.63) is 83.9 Å². The Morgan fingerprint density at radius 1 is 1.00 bits per heavy atom. The number of hydroxylamine groups is 2. The van der Waals surface area contributed by atoms with E-state index in [1.807, 2.05) is 53.6 Å². The summed E-state index contributed by atoms with van der Waals surface area (Å²) in [7, 11) is -1.90. The zero-order valence-electron chi connectivity index (χ0n) is 17.3. The number of esters is 1. The molecule has 0 fully saturated rings. The molecule has 0 amide bonds. The lowest BCUT2D eigenvalue weighted by Crippen LogP contribution is -2.50. The van der Waals surface area contributed by atoms with E-state index in [0.717, 1.165) is 11.1 Å². The molecule has 2 aromatic carbocycles. The number of hydrogen-bond donors (Lipinski definition) is 0. The molecule has 6 heteroatoms. The van der Waals surface area contributed by atoms with Gasteiger partial charge in [0.15, 0.2) is 0 Å². The number of carbonyl (C=O) groups is 1. The largest absolute Gasteiger partial charge is 0.453 e. The SMILES string of the molecule is C[Si](C)(C)ON(Cc1ccccc1)C(COCc1ccccc1)C1C=CC(=O)O1. The molecule has 0 saturated carbocycles. The lowest BCUT2D eigenvalue weighted by Gasteiger charge is -2.37. The number of ether oxygens (including phenoxy) is 2. The summed E-state index contributed by atoms with van der Waals surface area (Å²) in [5.41, 5.74) is 2.23. The molecule has 0 N–H and O–H groups in total. The highest BCUT2D eigenvalue weighted by atomic mass is 28.4. The number of benzene rings is 2. The van der Waals surface area contributed by atoms with Crippen LogP contribution in [0.4, 0.5) is 0 Å². The Bertz CT molecular complexity index is 805. The van der Waals surface area contributed by atoms with Crippen molar-refractivity contribution in [1.82, 2.24) is 5.06 Å². The summed E-state index contributed by atoms with van der Waals surface area (Å²) < 4.78 is 18.0. The molecule has 2 atom stereocenters. The van der Waals surface area contributed by atoms with Gasteiger partial charge >= 0.3 is 5.97 Å². The van der Waals surface area contributed by atoms with Crippen molar-refractivity contribution in [2.24, 2.45) is 0 Å². The average molecular weight is 412 g/mol. The van der Waals surface area contributed by atoms with E-state index < -0.39 is 14.4 Å². The first kappa shape index (κ1) is 21.5. The molecule has 0 saturated heterocycles. The zero-order valence-corrected chi connectivity index (χ0v) is 18.3. The molecule has 29 heavy (non-hydrogen) atoms. The molecule has 0 bridgehead atoms. The van der Waals surface area contributed by atoms with Gasteiger partial charge in [0.25, 0.3) is 0 Å². The number of carbonyl (C=O) groups excluding carboxylic acids is 1. The van der Waals surface area contributed by atoms with Crippen LogP contribution in [0.15, 0.2) is 72.8 Å². The molecule has 0 spiro atoms. The molecule has 2 unspecified atom stereocenters. The maximum Gasteiger partial charge on any atom is 0.331 e. The van der Waals surface area contributed by atoms with Crippen LogP contribution < -0.4 is 0 Å². The quantitative estimate of drug-likeness (QED) is 0.331. The van der Waals surface area contributed by atoms with Crippen LogP contribution in [0.25, 0.3) is 0 Å². The van der Waals surface area contributed by atoms with Crippen molar-refractivity contribution in [1.29, 1.82) is 0 Å². The van der Waals surface area contributed by atoms with E-state index in [1.54, 1.807) is 6.08 Å². The van der Waals surface area contributed by atoms with E-state index in [-0.39, 0.29) is 12.0 Å². The van der Waals surface area contributed by atoms with E-state index in [9.17, 15) is 4.79 Å². The van der Waals surface area contributed by atoms with E-state index >= 15 is 0 Å². The monoisotopic (exact) mass is 411 g/mol. The molecular weight excluding hydrogens is 382 g/mol. The minimum absolute atomic E-state index is 0.242. The van der Waals surface area contributed by atoms with Crippen LogP contribution in [-0.4, -0.2) is 38.1 Å². The molecule has 2 aromatic rings. The summed E-state index contributed by atoms with van der Waals surface area (Å²) in [6.45, 7) is 7.89. The lowest BCUT2D eigenvalue weighted by atomic mass is 10.1. The Morgan fingerprint density at radius 3 is 2.17 bits per heavy atom. The third kappa shape index (κ3) is 6.94. The summed E-state index contributed by atoms with van der Waals surface area (Å²) in [4.78, 5) is 11.7. The number of rotatable bonds is 10. The summed E-state index contributed by atoms with van der Waals surface area (Å²) in [6, 6.07) is 20.0. The van der Waals surface area contributed by atoms with Crippen LogP contribution in [0.3, 0.4) is 0 Å². The van der Waals surface area contributed by atoms with Gasteiger partial charge in [0.1, 0.15) is 6.10 Å². The highest BCUT2D eigenvalue weighted by molar-refractivity contribution is 6.69. The molecule has 1 aliphatic rings. The van der Waals surface area contributed by atoms with Gasteiger partial charge in [-0.25, -0.2) is 4.79 Å². The van der Waals surface area contributed by atoms with E-state index in [4.69, 9.17) is 14.0 Å². The maximum atomic E-state index is 11.7. The molecule has 1 aliphatic heterocycles. The Kier molecular flexibility index (Phi) is 7.38. The molecule has 0 aliphatic carbocycles. The molecule has 154 valence electrons. The van der Waals surface area contributed by atoms with Gasteiger partial charge in [0.2, 0.25) is 8.32 Å². The van der Waals surface area contributed by atoms with Crippen molar-refractivity contribution >= 4 is 14.3 Å². The molecule has 3 rings (SSSR count). The van der Waals surface area contributed by atoms with Gasteiger partial charge in [-0.05, 0) is 36.8 Å². The average Bonchev–Trinajstić information content (AvgIpc) is 3.11. The van der Waals surface area contributed by atoms with Crippen molar-refractivity contribution in [3.8, 4) is 0 Å². The van der Waals surface area contributed by atoms with Gasteiger partial charge in [0.05, 0.1) is 19.3 Å². The van der Waals surface area contributed by atoms with Gasteiger partial charge in [-0.15, -0.1) is 0 Å². The molecular formula is C23H29NO4Si. The summed E-state index contributed by atoms with van der Waals surface area (Å²) in [6.07, 6.45) is 2.87. The van der Waals surface area contributed by atoms with Gasteiger partial charge in [-0.2, -0.15) is 5.06 Å². The van der Waals surface area contributed by atoms with E-state index in [0.29, 0.717) is 19.8 Å². The van der Waals surface area contributed by atoms with Crippen molar-refractivity contribution in [2.75, 3.05) is 6.61 Å². The Balaban J connectivity index is 1.77. The van der Waals surface area contributed by atoms with Gasteiger partial charge in [-0.1, -0.05) is 60.7 Å². The second-order valence-corrected chi connectivity index (χ2v) is 12.5. The smallest absolute Gasteiger partial charge is 0.331 e. The number of nitrogens with zero attached hydrogens (tertiary/aromatic N) is 1. The third-order valence-electron chi connectivity index (χ3n) is 4.40. The fourth-order valence-corrected chi connectivity index (χ4v) is 4.04. The second-order valence-electron chi connectivity index (χ2n) is 8.09. The fraction of sp³-hybridized carbons (Fsp3) is 0.348. The fourth-order valence-electron chi connectivity index (χ4n) is 3.14. The van der Waals surface area contributed by atoms with Crippen LogP contribution in [0.2, 0.25) is 19.6 Å². The predicted molar refractivity (Wildman–Crippen MR) is 115 cm³/mol. The van der Waals surface area contributed by atoms with Crippen molar-refractivity contribution < 1.29 is 18.8 Å². The van der Waals surface area contributed by atoms with E-state index in [1.165, 1.54) is 6.08 Å². The predicted octanol–water partition coefficient (Wildman–Crippen LogP) is 4.32. The normalized spacial score (nSPS) is 17.5. The van der Waals surface area contributed by atoms with Crippen molar-refractivity contribution in [2.45, 2.75) is 44.9 Å². The van der Waals surface area contributed by atoms with Crippen LogP contribution in [-0.2, 0) is 31.9 Å². The summed E-state index contributed by atoms with van der Waals surface area (Å²) in [5.74, 6) is -0.323. The Labute approximate surface area is 174 Å². The van der Waals surface area contributed by atoms with E-state index in [2.05, 4.69) is 31.8 Å². The van der Waals surface area contributed by atoms with Gasteiger partial charge in [-0.3, -0.25) is 0 Å². The molecule has 1 heterocycles. The second kappa shape index (κ2) is 9.98. The Hall–Kier alpha value is -2.25. The minimum Gasteiger partial charge on any atom is -0.453 e. The summed E-state index contributed by atoms with van der Waals surface area (Å²) >= 11 is 0. The Morgan fingerprint density at radius 2 is 1.62 bits per heavy atom. The number of cyclic esters (lactones) is 1. The highest BCUT2D eigenvalue weighted by Crippen LogP contribution is 2.22. The highest BCUT2D eigenvalue weighted by Gasteiger charge is 2.35. The third-order valence-corrected chi connectivity index (χ3v) is 5.18. The minimum atomic E-state index is -1.90. The van der Waals surface area contributed by atoms with Gasteiger partial charge in [0, 0.05) is 12.6 Å². The first-order chi connectivity index (χ1) is 13.9. The molecule has 0 aromatic heterocycles. The van der Waals surface area contributed by atoms with Crippen LogP contribution in [0, 0.1) is 0 Å². The van der Waals surface area contributed by atoms with Crippen LogP contribution in [0.1, 0.15) is 11.1 Å². The molecule has 0 radical (unpaired) electrons. The first-order valence-electron chi connectivity index (χ1n) is 9.91. The van der Waals surface area contributed by atoms with Crippen LogP contribution >= 0.6 is 0 Å².